The molecule has 10 nitrogen and oxygen atoms in total. The Morgan fingerprint density at radius 2 is 2.04 bits per heavy atom. The summed E-state index contributed by atoms with van der Waals surface area (Å²) in [5, 5.41) is 16.9. The van der Waals surface area contributed by atoms with E-state index in [1.165, 1.54) is 11.7 Å². The molecule has 0 fully saturated rings. The van der Waals surface area contributed by atoms with Gasteiger partial charge in [-0.1, -0.05) is 5.21 Å². The summed E-state index contributed by atoms with van der Waals surface area (Å²) in [4.78, 5) is 29.1. The van der Waals surface area contributed by atoms with Crippen LogP contribution in [0.25, 0.3) is 22.7 Å². The van der Waals surface area contributed by atoms with E-state index in [0.29, 0.717) is 30.3 Å². The Balaban J connectivity index is 2.09. The van der Waals surface area contributed by atoms with Crippen LogP contribution in [0.5, 0.6) is 0 Å². The van der Waals surface area contributed by atoms with E-state index in [9.17, 15) is 9.59 Å². The lowest BCUT2D eigenvalue weighted by molar-refractivity contribution is 0.268. The van der Waals surface area contributed by atoms with Crippen molar-refractivity contribution in [1.82, 2.24) is 33.7 Å². The lowest BCUT2D eigenvalue weighted by atomic mass is 10.3. The summed E-state index contributed by atoms with van der Waals surface area (Å²) in [5.74, 6) is 0.537. The highest BCUT2D eigenvalue weighted by Gasteiger charge is 2.25. The van der Waals surface area contributed by atoms with Gasteiger partial charge in [0.1, 0.15) is 5.69 Å². The number of aryl methyl sites for hydroxylation is 2. The topological polar surface area (TPSA) is 113 Å². The second-order valence-corrected chi connectivity index (χ2v) is 5.48. The Hall–Kier alpha value is -2.75. The van der Waals surface area contributed by atoms with Crippen molar-refractivity contribution in [2.75, 3.05) is 6.61 Å². The van der Waals surface area contributed by atoms with Gasteiger partial charge in [-0.15, -0.1) is 5.10 Å². The molecule has 3 aromatic rings. The predicted octanol–water partition coefficient (Wildman–Crippen LogP) is -1.45. The second kappa shape index (κ2) is 4.88. The van der Waals surface area contributed by atoms with Gasteiger partial charge in [-0.3, -0.25) is 13.9 Å². The smallest absolute Gasteiger partial charge is 0.332 e. The van der Waals surface area contributed by atoms with Crippen molar-refractivity contribution in [1.29, 1.82) is 0 Å². The largest absolute Gasteiger partial charge is 0.394 e. The molecule has 4 heterocycles. The molecule has 0 aromatic carbocycles. The summed E-state index contributed by atoms with van der Waals surface area (Å²) in [6.07, 6.45) is 2.31. The Labute approximate surface area is 129 Å². The molecule has 0 spiro atoms. The van der Waals surface area contributed by atoms with Crippen LogP contribution in [0.2, 0.25) is 0 Å². The zero-order valence-electron chi connectivity index (χ0n) is 12.5. The maximum atomic E-state index is 12.4. The van der Waals surface area contributed by atoms with Gasteiger partial charge in [-0.25, -0.2) is 14.5 Å². The van der Waals surface area contributed by atoms with Crippen molar-refractivity contribution in [2.45, 2.75) is 26.1 Å². The number of hydrogen-bond acceptors (Lipinski definition) is 6. The van der Waals surface area contributed by atoms with Crippen LogP contribution in [0.3, 0.4) is 0 Å². The molecule has 0 amide bonds. The summed E-state index contributed by atoms with van der Waals surface area (Å²) in [7, 11) is 1.46. The van der Waals surface area contributed by atoms with E-state index in [0.717, 1.165) is 11.0 Å². The maximum absolute atomic E-state index is 12.4. The summed E-state index contributed by atoms with van der Waals surface area (Å²) >= 11 is 0. The van der Waals surface area contributed by atoms with Gasteiger partial charge in [-0.2, -0.15) is 0 Å². The number of aliphatic hydroxyl groups excluding tert-OH is 1. The highest BCUT2D eigenvalue weighted by Crippen LogP contribution is 2.24. The van der Waals surface area contributed by atoms with Crippen molar-refractivity contribution in [3.63, 3.8) is 0 Å². The Kier molecular flexibility index (Phi) is 2.94. The fraction of sp³-hybridized carbons (Fsp3) is 0.462. The average molecular weight is 317 g/mol. The van der Waals surface area contributed by atoms with Crippen LogP contribution < -0.4 is 11.2 Å². The quantitative estimate of drug-likeness (QED) is 0.632. The first-order valence-corrected chi connectivity index (χ1v) is 7.33. The molecular weight excluding hydrogens is 302 g/mol. The molecule has 4 rings (SSSR count). The third kappa shape index (κ3) is 1.81. The fourth-order valence-corrected chi connectivity index (χ4v) is 3.07. The predicted molar refractivity (Wildman–Crippen MR) is 80.0 cm³/mol. The summed E-state index contributed by atoms with van der Waals surface area (Å²) in [5.41, 5.74) is 0.661. The molecule has 1 aliphatic rings. The highest BCUT2D eigenvalue weighted by molar-refractivity contribution is 5.76. The van der Waals surface area contributed by atoms with Gasteiger partial charge in [0.2, 0.25) is 0 Å². The molecule has 0 unspecified atom stereocenters. The van der Waals surface area contributed by atoms with Gasteiger partial charge >= 0.3 is 5.69 Å². The van der Waals surface area contributed by atoms with E-state index >= 15 is 0 Å². The summed E-state index contributed by atoms with van der Waals surface area (Å²) in [6.45, 7) is 1.41. The minimum atomic E-state index is -0.413. The van der Waals surface area contributed by atoms with Gasteiger partial charge in [0.15, 0.2) is 17.0 Å². The van der Waals surface area contributed by atoms with Crippen LogP contribution in [0.1, 0.15) is 6.42 Å². The van der Waals surface area contributed by atoms with Gasteiger partial charge < -0.3 is 9.67 Å². The van der Waals surface area contributed by atoms with Crippen LogP contribution in [0, 0.1) is 0 Å². The van der Waals surface area contributed by atoms with E-state index in [1.807, 2.05) is 4.57 Å². The summed E-state index contributed by atoms with van der Waals surface area (Å²) < 4.78 is 6.05. The maximum Gasteiger partial charge on any atom is 0.332 e. The van der Waals surface area contributed by atoms with E-state index < -0.39 is 5.56 Å². The van der Waals surface area contributed by atoms with Gasteiger partial charge in [0, 0.05) is 20.1 Å². The monoisotopic (exact) mass is 317 g/mol. The normalized spacial score (nSPS) is 13.8. The minimum Gasteiger partial charge on any atom is -0.394 e. The average Bonchev–Trinajstić information content (AvgIpc) is 3.16. The van der Waals surface area contributed by atoms with Crippen LogP contribution in [0.4, 0.5) is 0 Å². The minimum absolute atomic E-state index is 0.0803. The summed E-state index contributed by atoms with van der Waals surface area (Å²) in [6, 6.07) is 0. The molecule has 0 saturated heterocycles. The van der Waals surface area contributed by atoms with Crippen molar-refractivity contribution in [2.24, 2.45) is 7.05 Å². The zero-order valence-corrected chi connectivity index (χ0v) is 12.5. The third-order valence-electron chi connectivity index (χ3n) is 4.14. The number of rotatable bonds is 3. The molecule has 23 heavy (non-hydrogen) atoms. The molecule has 1 aliphatic heterocycles. The van der Waals surface area contributed by atoms with E-state index in [2.05, 4.69) is 15.3 Å². The van der Waals surface area contributed by atoms with Crippen molar-refractivity contribution in [3.05, 3.63) is 27.0 Å². The first-order valence-electron chi connectivity index (χ1n) is 7.33. The van der Waals surface area contributed by atoms with Gasteiger partial charge in [0.05, 0.1) is 19.3 Å². The Bertz CT molecular complexity index is 1020. The molecular formula is C13H15N7O3. The molecule has 120 valence electrons. The molecule has 3 aromatic heterocycles. The standard InChI is InChI=1S/C13H15N7O3/c1-17-12(22)9-11-18(3-2-4-19(11)13(17)23)10(15-9)8-7-14-16-20(8)5-6-21/h7,21H,2-6H2,1H3. The van der Waals surface area contributed by atoms with Crippen LogP contribution in [0.15, 0.2) is 15.8 Å². The first kappa shape index (κ1) is 13.9. The number of imidazole rings is 1. The highest BCUT2D eigenvalue weighted by atomic mass is 16.3. The van der Waals surface area contributed by atoms with Crippen LogP contribution in [-0.2, 0) is 26.7 Å². The van der Waals surface area contributed by atoms with E-state index in [1.54, 1.807) is 10.8 Å². The number of nitrogens with zero attached hydrogens (tertiary/aromatic N) is 7. The lowest BCUT2D eigenvalue weighted by Crippen LogP contribution is -2.40. The molecule has 1 N–H and O–H groups in total. The third-order valence-corrected chi connectivity index (χ3v) is 4.14. The lowest BCUT2D eigenvalue weighted by Gasteiger charge is -2.18. The number of hydrogen-bond donors (Lipinski definition) is 1. The Morgan fingerprint density at radius 3 is 2.83 bits per heavy atom. The number of aromatic nitrogens is 7. The molecule has 10 heteroatoms. The van der Waals surface area contributed by atoms with E-state index in [4.69, 9.17) is 5.11 Å². The molecule has 0 aliphatic carbocycles. The number of aliphatic hydroxyl groups is 1. The van der Waals surface area contributed by atoms with Gasteiger partial charge in [0.25, 0.3) is 5.56 Å². The van der Waals surface area contributed by atoms with Crippen molar-refractivity contribution in [3.8, 4) is 11.5 Å². The van der Waals surface area contributed by atoms with Crippen molar-refractivity contribution < 1.29 is 5.11 Å². The Morgan fingerprint density at radius 1 is 1.26 bits per heavy atom. The first-order chi connectivity index (χ1) is 11.1. The molecule has 0 saturated carbocycles. The second-order valence-electron chi connectivity index (χ2n) is 5.48. The molecule has 0 atom stereocenters. The fourth-order valence-electron chi connectivity index (χ4n) is 3.07. The van der Waals surface area contributed by atoms with E-state index in [-0.39, 0.29) is 24.4 Å². The van der Waals surface area contributed by atoms with Crippen molar-refractivity contribution >= 4 is 11.2 Å². The molecule has 0 bridgehead atoms. The van der Waals surface area contributed by atoms with Crippen LogP contribution in [-0.4, -0.2) is 45.4 Å². The zero-order chi connectivity index (χ0) is 16.1. The van der Waals surface area contributed by atoms with Crippen LogP contribution >= 0.6 is 0 Å². The molecule has 0 radical (unpaired) electrons. The van der Waals surface area contributed by atoms with Gasteiger partial charge in [-0.05, 0) is 6.42 Å². The SMILES string of the molecule is Cn1c(=O)c2nc(-c3cnnn3CCO)n3c2n(c1=O)CCC3.